The van der Waals surface area contributed by atoms with Crippen molar-refractivity contribution in [2.24, 2.45) is 0 Å². The molecule has 0 bridgehead atoms. The van der Waals surface area contributed by atoms with Gasteiger partial charge in [-0.25, -0.2) is 4.79 Å². The van der Waals surface area contributed by atoms with Crippen molar-refractivity contribution in [3.05, 3.63) is 78.3 Å². The highest BCUT2D eigenvalue weighted by Gasteiger charge is 2.13. The Labute approximate surface area is 171 Å². The van der Waals surface area contributed by atoms with Crippen LogP contribution in [0.25, 0.3) is 0 Å². The smallest absolute Gasteiger partial charge is 0.338 e. The number of carbonyl (C=O) groups excluding carboxylic acids is 3. The molecular weight excluding hydrogens is 392 g/mol. The van der Waals surface area contributed by atoms with E-state index in [9.17, 15) is 14.4 Å². The van der Waals surface area contributed by atoms with E-state index in [0.717, 1.165) is 4.90 Å². The van der Waals surface area contributed by atoms with Gasteiger partial charge in [0.1, 0.15) is 0 Å². The predicted octanol–water partition coefficient (Wildman–Crippen LogP) is 4.05. The van der Waals surface area contributed by atoms with Crippen LogP contribution in [0.2, 0.25) is 0 Å². The summed E-state index contributed by atoms with van der Waals surface area (Å²) in [5, 5.41) is 5.37. The van der Waals surface area contributed by atoms with Crippen LogP contribution in [-0.2, 0) is 9.53 Å². The fraction of sp³-hybridized carbons (Fsp3) is 0.0952. The molecule has 29 heavy (non-hydrogen) atoms. The molecule has 0 aliphatic carbocycles. The Hall–Kier alpha value is -3.52. The minimum absolute atomic E-state index is 0.183. The van der Waals surface area contributed by atoms with E-state index in [-0.39, 0.29) is 11.3 Å². The molecule has 3 aromatic rings. The van der Waals surface area contributed by atoms with E-state index in [0.29, 0.717) is 11.4 Å². The molecule has 0 atom stereocenters. The summed E-state index contributed by atoms with van der Waals surface area (Å²) in [5.74, 6) is -1.28. The first kappa shape index (κ1) is 20.2. The Morgan fingerprint density at radius 3 is 2.41 bits per heavy atom. The van der Waals surface area contributed by atoms with E-state index >= 15 is 0 Å². The molecule has 148 valence electrons. The zero-order valence-corrected chi connectivity index (χ0v) is 16.3. The van der Waals surface area contributed by atoms with Gasteiger partial charge < -0.3 is 19.8 Å². The Kier molecular flexibility index (Phi) is 6.70. The molecule has 1 heterocycles. The molecule has 2 aromatic carbocycles. The number of benzene rings is 2. The van der Waals surface area contributed by atoms with Crippen molar-refractivity contribution in [3.63, 3.8) is 0 Å². The van der Waals surface area contributed by atoms with Crippen LogP contribution in [0.4, 0.5) is 11.4 Å². The topological polar surface area (TPSA) is 97.6 Å². The molecule has 0 aliphatic rings. The van der Waals surface area contributed by atoms with Gasteiger partial charge in [0.05, 0.1) is 17.5 Å². The largest absolute Gasteiger partial charge is 0.459 e. The van der Waals surface area contributed by atoms with Gasteiger partial charge in [0.2, 0.25) is 0 Å². The maximum Gasteiger partial charge on any atom is 0.338 e. The van der Waals surface area contributed by atoms with E-state index in [1.54, 1.807) is 30.3 Å². The monoisotopic (exact) mass is 410 g/mol. The molecule has 2 amide bonds. The fourth-order valence-corrected chi connectivity index (χ4v) is 2.99. The lowest BCUT2D eigenvalue weighted by Gasteiger charge is -2.10. The summed E-state index contributed by atoms with van der Waals surface area (Å²) in [4.78, 5) is 37.0. The van der Waals surface area contributed by atoms with E-state index in [1.807, 2.05) is 24.5 Å². The van der Waals surface area contributed by atoms with Crippen molar-refractivity contribution < 1.29 is 23.5 Å². The highest BCUT2D eigenvalue weighted by Crippen LogP contribution is 2.24. The first-order chi connectivity index (χ1) is 14.1. The fourth-order valence-electron chi connectivity index (χ4n) is 2.44. The number of thioether (sulfide) groups is 1. The molecule has 0 spiro atoms. The van der Waals surface area contributed by atoms with Crippen LogP contribution in [0, 0.1) is 0 Å². The first-order valence-corrected chi connectivity index (χ1v) is 9.84. The maximum absolute atomic E-state index is 12.1. The molecule has 0 fully saturated rings. The lowest BCUT2D eigenvalue weighted by atomic mass is 10.2. The number of ether oxygens (including phenoxy) is 1. The second-order valence-electron chi connectivity index (χ2n) is 5.83. The lowest BCUT2D eigenvalue weighted by molar-refractivity contribution is -0.119. The average molecular weight is 410 g/mol. The molecule has 8 heteroatoms. The van der Waals surface area contributed by atoms with Gasteiger partial charge in [0, 0.05) is 10.6 Å². The number of amides is 2. The van der Waals surface area contributed by atoms with Crippen LogP contribution in [0.3, 0.4) is 0 Å². The number of para-hydroxylation sites is 1. The third-order valence-electron chi connectivity index (χ3n) is 3.84. The summed E-state index contributed by atoms with van der Waals surface area (Å²) in [6.07, 6.45) is 3.32. The minimum atomic E-state index is -0.637. The molecule has 0 unspecified atom stereocenters. The number of furan rings is 1. The Morgan fingerprint density at radius 1 is 0.966 bits per heavy atom. The van der Waals surface area contributed by atoms with Gasteiger partial charge >= 0.3 is 5.97 Å². The van der Waals surface area contributed by atoms with Crippen LogP contribution in [0.5, 0.6) is 0 Å². The number of rotatable bonds is 7. The SMILES string of the molecule is CSc1ccccc1NC(=O)COC(=O)c1ccc(NC(=O)c2ccco2)cc1. The normalized spacial score (nSPS) is 10.2. The number of esters is 1. The maximum atomic E-state index is 12.1. The summed E-state index contributed by atoms with van der Waals surface area (Å²) in [6, 6.07) is 16.6. The predicted molar refractivity (Wildman–Crippen MR) is 110 cm³/mol. The highest BCUT2D eigenvalue weighted by atomic mass is 32.2. The highest BCUT2D eigenvalue weighted by molar-refractivity contribution is 7.98. The van der Waals surface area contributed by atoms with E-state index in [1.165, 1.54) is 30.2 Å². The average Bonchev–Trinajstić information content (AvgIpc) is 3.28. The zero-order chi connectivity index (χ0) is 20.6. The standard InChI is InChI=1S/C21H18N2O5S/c1-29-18-7-3-2-5-16(18)23-19(24)13-28-21(26)14-8-10-15(11-9-14)22-20(25)17-6-4-12-27-17/h2-12H,13H2,1H3,(H,22,25)(H,23,24). The first-order valence-electron chi connectivity index (χ1n) is 8.61. The summed E-state index contributed by atoms with van der Waals surface area (Å²) < 4.78 is 10.1. The summed E-state index contributed by atoms with van der Waals surface area (Å²) in [6.45, 7) is -0.404. The molecule has 0 radical (unpaired) electrons. The van der Waals surface area contributed by atoms with Crippen molar-refractivity contribution in [1.29, 1.82) is 0 Å². The van der Waals surface area contributed by atoms with Crippen molar-refractivity contribution >= 4 is 40.9 Å². The van der Waals surface area contributed by atoms with E-state index in [4.69, 9.17) is 9.15 Å². The van der Waals surface area contributed by atoms with E-state index in [2.05, 4.69) is 10.6 Å². The van der Waals surface area contributed by atoms with E-state index < -0.39 is 24.4 Å². The lowest BCUT2D eigenvalue weighted by Crippen LogP contribution is -2.21. The van der Waals surface area contributed by atoms with Gasteiger partial charge in [0.15, 0.2) is 12.4 Å². The van der Waals surface area contributed by atoms with Gasteiger partial charge in [-0.3, -0.25) is 9.59 Å². The van der Waals surface area contributed by atoms with Gasteiger partial charge in [-0.1, -0.05) is 12.1 Å². The van der Waals surface area contributed by atoms with Gasteiger partial charge in [0.25, 0.3) is 11.8 Å². The summed E-state index contributed by atoms with van der Waals surface area (Å²) >= 11 is 1.50. The Bertz CT molecular complexity index is 1000. The third-order valence-corrected chi connectivity index (χ3v) is 4.63. The van der Waals surface area contributed by atoms with Crippen molar-refractivity contribution in [1.82, 2.24) is 0 Å². The molecule has 1 aromatic heterocycles. The Morgan fingerprint density at radius 2 is 1.72 bits per heavy atom. The second-order valence-corrected chi connectivity index (χ2v) is 6.68. The Balaban J connectivity index is 1.51. The van der Waals surface area contributed by atoms with Crippen LogP contribution in [0.1, 0.15) is 20.9 Å². The number of hydrogen-bond donors (Lipinski definition) is 2. The quantitative estimate of drug-likeness (QED) is 0.450. The van der Waals surface area contributed by atoms with Crippen molar-refractivity contribution in [2.45, 2.75) is 4.90 Å². The van der Waals surface area contributed by atoms with Gasteiger partial charge in [-0.15, -0.1) is 11.8 Å². The van der Waals surface area contributed by atoms with Crippen LogP contribution < -0.4 is 10.6 Å². The number of nitrogens with one attached hydrogen (secondary N) is 2. The third kappa shape index (κ3) is 5.49. The zero-order valence-electron chi connectivity index (χ0n) is 15.5. The second kappa shape index (κ2) is 9.61. The van der Waals surface area contributed by atoms with Crippen molar-refractivity contribution in [3.8, 4) is 0 Å². The minimum Gasteiger partial charge on any atom is -0.459 e. The summed E-state index contributed by atoms with van der Waals surface area (Å²) in [5.41, 5.74) is 1.42. The molecule has 3 rings (SSSR count). The van der Waals surface area contributed by atoms with Crippen molar-refractivity contribution in [2.75, 3.05) is 23.5 Å². The summed E-state index contributed by atoms with van der Waals surface area (Å²) in [7, 11) is 0. The number of hydrogen-bond acceptors (Lipinski definition) is 6. The van der Waals surface area contributed by atoms with Crippen LogP contribution >= 0.6 is 11.8 Å². The number of carbonyl (C=O) groups is 3. The molecule has 0 aliphatic heterocycles. The molecule has 0 saturated carbocycles. The molecule has 0 saturated heterocycles. The van der Waals surface area contributed by atoms with Crippen LogP contribution in [0.15, 0.2) is 76.2 Å². The number of anilines is 2. The molecule has 2 N–H and O–H groups in total. The van der Waals surface area contributed by atoms with Crippen LogP contribution in [-0.4, -0.2) is 30.6 Å². The molecular formula is C21H18N2O5S. The van der Waals surface area contributed by atoms with Gasteiger partial charge in [-0.05, 0) is 54.8 Å². The van der Waals surface area contributed by atoms with Gasteiger partial charge in [-0.2, -0.15) is 0 Å². The molecule has 7 nitrogen and oxygen atoms in total.